The topological polar surface area (TPSA) is 46.2 Å². The Hall–Kier alpha value is 0.0600. The van der Waals surface area contributed by atoms with Gasteiger partial charge in [0.1, 0.15) is 0 Å². The zero-order chi connectivity index (χ0) is 9.61. The van der Waals surface area contributed by atoms with E-state index in [1.54, 1.807) is 4.72 Å². The van der Waals surface area contributed by atoms with E-state index in [9.17, 15) is 17.2 Å². The third kappa shape index (κ3) is 6.75. The molecule has 3 nitrogen and oxygen atoms in total. The second-order valence-corrected chi connectivity index (χ2v) is 4.41. The van der Waals surface area contributed by atoms with E-state index in [2.05, 4.69) is 0 Å². The number of rotatable bonds is 6. The average Bonchev–Trinajstić information content (AvgIpc) is 1.98. The summed E-state index contributed by atoms with van der Waals surface area (Å²) in [7, 11) is -3.55. The summed E-state index contributed by atoms with van der Waals surface area (Å²) < 4.78 is 46.4. The van der Waals surface area contributed by atoms with Gasteiger partial charge in [0.15, 0.2) is 0 Å². The minimum atomic E-state index is -3.55. The molecule has 0 amide bonds. The fourth-order valence-corrected chi connectivity index (χ4v) is 1.85. The van der Waals surface area contributed by atoms with Gasteiger partial charge in [-0.15, -0.1) is 11.6 Å². The van der Waals surface area contributed by atoms with Crippen molar-refractivity contribution >= 4 is 21.6 Å². The van der Waals surface area contributed by atoms with Crippen molar-refractivity contribution in [3.63, 3.8) is 0 Å². The molecule has 0 aliphatic carbocycles. The van der Waals surface area contributed by atoms with Crippen LogP contribution in [0.15, 0.2) is 0 Å². The van der Waals surface area contributed by atoms with Gasteiger partial charge in [-0.3, -0.25) is 0 Å². The summed E-state index contributed by atoms with van der Waals surface area (Å²) in [6, 6.07) is 0. The summed E-state index contributed by atoms with van der Waals surface area (Å²) >= 11 is 5.23. The summed E-state index contributed by atoms with van der Waals surface area (Å²) in [4.78, 5) is 0. The van der Waals surface area contributed by atoms with Crippen molar-refractivity contribution in [1.29, 1.82) is 0 Å². The van der Waals surface area contributed by atoms with Gasteiger partial charge in [-0.25, -0.2) is 21.9 Å². The highest BCUT2D eigenvalue weighted by molar-refractivity contribution is 7.89. The highest BCUT2D eigenvalue weighted by atomic mass is 35.5. The Morgan fingerprint density at radius 2 is 2.00 bits per heavy atom. The molecule has 0 unspecified atom stereocenters. The van der Waals surface area contributed by atoms with E-state index >= 15 is 0 Å². The van der Waals surface area contributed by atoms with Crippen molar-refractivity contribution in [2.75, 3.05) is 18.2 Å². The van der Waals surface area contributed by atoms with Crippen molar-refractivity contribution in [2.45, 2.75) is 12.8 Å². The van der Waals surface area contributed by atoms with Gasteiger partial charge < -0.3 is 0 Å². The summed E-state index contributed by atoms with van der Waals surface area (Å²) in [5.74, 6) is -0.00118. The molecule has 0 saturated carbocycles. The van der Waals surface area contributed by atoms with Crippen molar-refractivity contribution in [3.8, 4) is 0 Å². The van der Waals surface area contributed by atoms with Gasteiger partial charge in [0.05, 0.1) is 12.3 Å². The Kier molecular flexibility index (Phi) is 5.69. The maximum Gasteiger partial charge on any atom is 0.251 e. The molecular weight excluding hydrogens is 212 g/mol. The summed E-state index contributed by atoms with van der Waals surface area (Å²) in [6.45, 7) is -0.829. The van der Waals surface area contributed by atoms with E-state index in [0.717, 1.165) is 0 Å². The van der Waals surface area contributed by atoms with E-state index in [-0.39, 0.29) is 18.1 Å². The quantitative estimate of drug-likeness (QED) is 0.675. The molecule has 0 rings (SSSR count). The van der Waals surface area contributed by atoms with Crippen LogP contribution in [0.5, 0.6) is 0 Å². The molecule has 0 aromatic carbocycles. The molecule has 0 spiro atoms. The van der Waals surface area contributed by atoms with Crippen LogP contribution in [-0.2, 0) is 10.0 Å². The van der Waals surface area contributed by atoms with E-state index in [4.69, 9.17) is 11.6 Å². The zero-order valence-electron chi connectivity index (χ0n) is 6.26. The molecule has 74 valence electrons. The van der Waals surface area contributed by atoms with E-state index in [1.807, 2.05) is 0 Å². The maximum atomic E-state index is 11.5. The molecule has 0 aliphatic heterocycles. The Balaban J connectivity index is 3.73. The summed E-state index contributed by atoms with van der Waals surface area (Å²) in [5.41, 5.74) is 0. The highest BCUT2D eigenvalue weighted by Crippen LogP contribution is 1.94. The summed E-state index contributed by atoms with van der Waals surface area (Å²) in [5, 5.41) is 0. The molecule has 0 aromatic heterocycles. The molecule has 0 aliphatic rings. The van der Waals surface area contributed by atoms with Gasteiger partial charge in [0.2, 0.25) is 10.0 Å². The number of halogens is 3. The SMILES string of the molecule is O=S(=O)(CCCCl)NCC(F)F. The highest BCUT2D eigenvalue weighted by Gasteiger charge is 2.11. The molecule has 0 aromatic rings. The van der Waals surface area contributed by atoms with Crippen LogP contribution in [0.4, 0.5) is 8.78 Å². The standard InChI is InChI=1S/C5H10ClF2NO2S/c6-2-1-3-12(10,11)9-4-5(7)8/h5,9H,1-4H2. The predicted molar refractivity (Wildman–Crippen MR) is 43.1 cm³/mol. The van der Waals surface area contributed by atoms with Gasteiger partial charge in [-0.2, -0.15) is 0 Å². The Labute approximate surface area is 75.1 Å². The van der Waals surface area contributed by atoms with Crippen LogP contribution in [0.1, 0.15) is 6.42 Å². The fraction of sp³-hybridized carbons (Fsp3) is 1.00. The van der Waals surface area contributed by atoms with Gasteiger partial charge in [0, 0.05) is 5.88 Å². The van der Waals surface area contributed by atoms with E-state index in [1.165, 1.54) is 0 Å². The minimum absolute atomic E-state index is 0.204. The third-order valence-electron chi connectivity index (χ3n) is 1.00. The molecule has 0 heterocycles. The lowest BCUT2D eigenvalue weighted by Gasteiger charge is -2.03. The number of hydrogen-bond donors (Lipinski definition) is 1. The van der Waals surface area contributed by atoms with Crippen molar-refractivity contribution in [3.05, 3.63) is 0 Å². The smallest absolute Gasteiger partial charge is 0.212 e. The molecule has 1 N–H and O–H groups in total. The largest absolute Gasteiger partial charge is 0.251 e. The van der Waals surface area contributed by atoms with Crippen molar-refractivity contribution in [2.24, 2.45) is 0 Å². The van der Waals surface area contributed by atoms with Crippen LogP contribution in [0.25, 0.3) is 0 Å². The maximum absolute atomic E-state index is 11.5. The molecule has 0 radical (unpaired) electrons. The minimum Gasteiger partial charge on any atom is -0.212 e. The van der Waals surface area contributed by atoms with Crippen molar-refractivity contribution in [1.82, 2.24) is 4.72 Å². The van der Waals surface area contributed by atoms with E-state index in [0.29, 0.717) is 0 Å². The molecular formula is C5H10ClF2NO2S. The van der Waals surface area contributed by atoms with Gasteiger partial charge in [0.25, 0.3) is 6.43 Å². The van der Waals surface area contributed by atoms with E-state index < -0.39 is 23.0 Å². The lowest BCUT2D eigenvalue weighted by atomic mass is 10.6. The van der Waals surface area contributed by atoms with Crippen LogP contribution in [0, 0.1) is 0 Å². The summed E-state index contributed by atoms with van der Waals surface area (Å²) in [6.07, 6.45) is -2.39. The molecule has 0 atom stereocenters. The lowest BCUT2D eigenvalue weighted by Crippen LogP contribution is -2.30. The normalized spacial score (nSPS) is 12.3. The van der Waals surface area contributed by atoms with Crippen LogP contribution in [0.2, 0.25) is 0 Å². The predicted octanol–water partition coefficient (Wildman–Crippen LogP) is 0.800. The van der Waals surface area contributed by atoms with Crippen LogP contribution < -0.4 is 4.72 Å². The first-order valence-corrected chi connectivity index (χ1v) is 5.48. The molecule has 0 saturated heterocycles. The zero-order valence-corrected chi connectivity index (χ0v) is 7.84. The molecule has 12 heavy (non-hydrogen) atoms. The first-order valence-electron chi connectivity index (χ1n) is 3.29. The first kappa shape index (κ1) is 12.1. The second-order valence-electron chi connectivity index (χ2n) is 2.10. The molecule has 0 bridgehead atoms. The van der Waals surface area contributed by atoms with Gasteiger partial charge in [-0.1, -0.05) is 0 Å². The first-order chi connectivity index (χ1) is 5.48. The number of nitrogens with one attached hydrogen (secondary N) is 1. The Morgan fingerprint density at radius 1 is 1.42 bits per heavy atom. The lowest BCUT2D eigenvalue weighted by molar-refractivity contribution is 0.153. The monoisotopic (exact) mass is 221 g/mol. The van der Waals surface area contributed by atoms with Gasteiger partial charge >= 0.3 is 0 Å². The fourth-order valence-electron chi connectivity index (χ4n) is 0.507. The third-order valence-corrected chi connectivity index (χ3v) is 2.70. The number of sulfonamides is 1. The second kappa shape index (κ2) is 5.66. The van der Waals surface area contributed by atoms with Crippen LogP contribution >= 0.6 is 11.6 Å². The van der Waals surface area contributed by atoms with Crippen LogP contribution in [-0.4, -0.2) is 33.0 Å². The number of alkyl halides is 3. The van der Waals surface area contributed by atoms with Crippen molar-refractivity contribution < 1.29 is 17.2 Å². The Bertz CT molecular complexity index is 207. The Morgan fingerprint density at radius 3 is 2.42 bits per heavy atom. The van der Waals surface area contributed by atoms with Crippen LogP contribution in [0.3, 0.4) is 0 Å². The molecule has 0 fully saturated rings. The molecule has 7 heteroatoms. The number of hydrogen-bond acceptors (Lipinski definition) is 2. The van der Waals surface area contributed by atoms with Gasteiger partial charge in [-0.05, 0) is 6.42 Å². The average molecular weight is 222 g/mol.